The first-order valence-corrected chi connectivity index (χ1v) is 14.3. The van der Waals surface area contributed by atoms with Crippen molar-refractivity contribution in [2.24, 2.45) is 0 Å². The standard InChI is InChI=1S/C29H42N4O5/c1-29(2,3)38-28(36)32-16-11-20(12-17-32)31-18-13-21(14-19-31)37-25-8-4-7-23-22(25)6-5-15-33(23)24-9-10-26(34)30-27(24)35/h4,7-8,20-21,24H,5-6,9-19H2,1-3H3,(H,30,34,35)/t24-/m1/s1. The molecule has 3 fully saturated rings. The van der Waals surface area contributed by atoms with Crippen molar-refractivity contribution in [3.05, 3.63) is 23.8 Å². The summed E-state index contributed by atoms with van der Waals surface area (Å²) in [5.41, 5.74) is 1.79. The largest absolute Gasteiger partial charge is 0.490 e. The van der Waals surface area contributed by atoms with Crippen molar-refractivity contribution in [2.75, 3.05) is 37.6 Å². The van der Waals surface area contributed by atoms with Crippen LogP contribution in [0.3, 0.4) is 0 Å². The molecule has 0 bridgehead atoms. The topological polar surface area (TPSA) is 91.4 Å². The summed E-state index contributed by atoms with van der Waals surface area (Å²) in [7, 11) is 0. The molecule has 0 radical (unpaired) electrons. The number of piperidine rings is 3. The second kappa shape index (κ2) is 11.1. The number of benzene rings is 1. The van der Waals surface area contributed by atoms with Crippen molar-refractivity contribution in [1.29, 1.82) is 0 Å². The van der Waals surface area contributed by atoms with Crippen molar-refractivity contribution in [3.8, 4) is 5.75 Å². The molecule has 5 rings (SSSR count). The molecule has 1 N–H and O–H groups in total. The van der Waals surface area contributed by atoms with E-state index in [4.69, 9.17) is 9.47 Å². The number of hydrogen-bond acceptors (Lipinski definition) is 7. The van der Waals surface area contributed by atoms with Crippen molar-refractivity contribution in [2.45, 2.75) is 95.9 Å². The van der Waals surface area contributed by atoms with E-state index in [0.717, 1.165) is 82.7 Å². The van der Waals surface area contributed by atoms with Gasteiger partial charge in [0.25, 0.3) is 0 Å². The summed E-state index contributed by atoms with van der Waals surface area (Å²) < 4.78 is 12.1. The lowest BCUT2D eigenvalue weighted by Crippen LogP contribution is -2.54. The number of carbonyl (C=O) groups is 3. The van der Waals surface area contributed by atoms with Crippen molar-refractivity contribution in [1.82, 2.24) is 15.1 Å². The predicted molar refractivity (Wildman–Crippen MR) is 144 cm³/mol. The maximum absolute atomic E-state index is 12.5. The van der Waals surface area contributed by atoms with Crippen LogP contribution in [0, 0.1) is 0 Å². The van der Waals surface area contributed by atoms with E-state index in [0.29, 0.717) is 18.9 Å². The van der Waals surface area contributed by atoms with E-state index in [1.807, 2.05) is 31.7 Å². The lowest BCUT2D eigenvalue weighted by molar-refractivity contribution is -0.134. The van der Waals surface area contributed by atoms with Gasteiger partial charge in [-0.3, -0.25) is 19.8 Å². The van der Waals surface area contributed by atoms with Gasteiger partial charge in [-0.15, -0.1) is 0 Å². The van der Waals surface area contributed by atoms with E-state index < -0.39 is 5.60 Å². The Hall–Kier alpha value is -2.81. The minimum Gasteiger partial charge on any atom is -0.490 e. The molecule has 9 heteroatoms. The first kappa shape index (κ1) is 26.8. The van der Waals surface area contributed by atoms with Gasteiger partial charge < -0.3 is 19.3 Å². The number of hydrogen-bond donors (Lipinski definition) is 1. The molecule has 0 saturated carbocycles. The van der Waals surface area contributed by atoms with Gasteiger partial charge in [-0.1, -0.05) is 6.07 Å². The number of anilines is 1. The number of imide groups is 1. The summed E-state index contributed by atoms with van der Waals surface area (Å²) in [6.45, 7) is 10.0. The zero-order chi connectivity index (χ0) is 26.9. The van der Waals surface area contributed by atoms with Crippen molar-refractivity contribution in [3.63, 3.8) is 0 Å². The van der Waals surface area contributed by atoms with Crippen molar-refractivity contribution < 1.29 is 23.9 Å². The van der Waals surface area contributed by atoms with E-state index in [1.165, 1.54) is 5.56 Å². The second-order valence-electron chi connectivity index (χ2n) is 12.1. The van der Waals surface area contributed by atoms with Gasteiger partial charge in [0, 0.05) is 56.4 Å². The quantitative estimate of drug-likeness (QED) is 0.601. The predicted octanol–water partition coefficient (Wildman–Crippen LogP) is 3.49. The number of carbonyl (C=O) groups excluding carboxylic acids is 3. The van der Waals surface area contributed by atoms with Crippen LogP contribution in [-0.4, -0.2) is 84.2 Å². The highest BCUT2D eigenvalue weighted by atomic mass is 16.6. The lowest BCUT2D eigenvalue weighted by Gasteiger charge is -2.42. The van der Waals surface area contributed by atoms with Crippen LogP contribution in [0.15, 0.2) is 18.2 Å². The molecule has 4 heterocycles. The molecule has 9 nitrogen and oxygen atoms in total. The third kappa shape index (κ3) is 6.08. The molecule has 0 spiro atoms. The highest BCUT2D eigenvalue weighted by Gasteiger charge is 2.36. The third-order valence-corrected chi connectivity index (χ3v) is 8.23. The molecule has 0 aliphatic carbocycles. The Labute approximate surface area is 225 Å². The molecule has 1 aromatic rings. The van der Waals surface area contributed by atoms with Crippen LogP contribution in [0.4, 0.5) is 10.5 Å². The Morgan fingerprint density at radius 2 is 1.68 bits per heavy atom. The minimum absolute atomic E-state index is 0.172. The van der Waals surface area contributed by atoms with Gasteiger partial charge in [0.05, 0.1) is 0 Å². The fraction of sp³-hybridized carbons (Fsp3) is 0.690. The maximum atomic E-state index is 12.5. The Kier molecular flexibility index (Phi) is 7.84. The number of nitrogens with one attached hydrogen (secondary N) is 1. The van der Waals surface area contributed by atoms with Crippen LogP contribution in [0.2, 0.25) is 0 Å². The third-order valence-electron chi connectivity index (χ3n) is 8.23. The molecule has 0 aromatic heterocycles. The summed E-state index contributed by atoms with van der Waals surface area (Å²) in [5.74, 6) is 0.564. The highest BCUT2D eigenvalue weighted by molar-refractivity contribution is 6.01. The lowest BCUT2D eigenvalue weighted by atomic mass is 9.95. The molecular weight excluding hydrogens is 484 g/mol. The summed E-state index contributed by atoms with van der Waals surface area (Å²) in [6.07, 6.45) is 6.73. The van der Waals surface area contributed by atoms with Gasteiger partial charge in [0.2, 0.25) is 11.8 Å². The molecule has 1 atom stereocenters. The molecule has 38 heavy (non-hydrogen) atoms. The normalized spacial score (nSPS) is 24.1. The Morgan fingerprint density at radius 1 is 0.947 bits per heavy atom. The van der Waals surface area contributed by atoms with Crippen LogP contribution in [0.1, 0.15) is 71.3 Å². The molecular formula is C29H42N4O5. The van der Waals surface area contributed by atoms with E-state index in [1.54, 1.807) is 0 Å². The first-order chi connectivity index (χ1) is 18.2. The summed E-state index contributed by atoms with van der Waals surface area (Å²) >= 11 is 0. The molecule has 1 aromatic carbocycles. The van der Waals surface area contributed by atoms with Gasteiger partial charge in [-0.25, -0.2) is 4.79 Å². The van der Waals surface area contributed by atoms with Gasteiger partial charge in [-0.05, 0) is 77.8 Å². The van der Waals surface area contributed by atoms with Gasteiger partial charge in [0.1, 0.15) is 23.5 Å². The van der Waals surface area contributed by atoms with E-state index in [9.17, 15) is 14.4 Å². The number of nitrogens with zero attached hydrogens (tertiary/aromatic N) is 3. The molecule has 3 amide bonds. The van der Waals surface area contributed by atoms with Crippen LogP contribution < -0.4 is 15.0 Å². The molecule has 208 valence electrons. The number of rotatable bonds is 4. The maximum Gasteiger partial charge on any atom is 0.410 e. The number of fused-ring (bicyclic) bond motifs is 1. The number of likely N-dealkylation sites (tertiary alicyclic amines) is 2. The van der Waals surface area contributed by atoms with Crippen molar-refractivity contribution >= 4 is 23.6 Å². The van der Waals surface area contributed by atoms with Crippen LogP contribution in [0.25, 0.3) is 0 Å². The zero-order valence-corrected chi connectivity index (χ0v) is 23.0. The Bertz CT molecular complexity index is 1040. The molecule has 4 aliphatic heterocycles. The molecule has 3 saturated heterocycles. The average Bonchev–Trinajstić information content (AvgIpc) is 2.88. The van der Waals surface area contributed by atoms with Crippen LogP contribution >= 0.6 is 0 Å². The smallest absolute Gasteiger partial charge is 0.410 e. The summed E-state index contributed by atoms with van der Waals surface area (Å²) in [6, 6.07) is 6.36. The van der Waals surface area contributed by atoms with Gasteiger partial charge in [0.15, 0.2) is 0 Å². The van der Waals surface area contributed by atoms with E-state index >= 15 is 0 Å². The molecule has 4 aliphatic rings. The fourth-order valence-corrected chi connectivity index (χ4v) is 6.31. The second-order valence-corrected chi connectivity index (χ2v) is 12.1. The minimum atomic E-state index is -0.461. The fourth-order valence-electron chi connectivity index (χ4n) is 6.31. The average molecular weight is 527 g/mol. The summed E-state index contributed by atoms with van der Waals surface area (Å²) in [5, 5.41) is 2.50. The summed E-state index contributed by atoms with van der Waals surface area (Å²) in [4.78, 5) is 43.2. The van der Waals surface area contributed by atoms with Gasteiger partial charge in [-0.2, -0.15) is 0 Å². The van der Waals surface area contributed by atoms with E-state index in [-0.39, 0.29) is 30.1 Å². The first-order valence-electron chi connectivity index (χ1n) is 14.3. The Morgan fingerprint density at radius 3 is 2.37 bits per heavy atom. The van der Waals surface area contributed by atoms with Gasteiger partial charge >= 0.3 is 6.09 Å². The van der Waals surface area contributed by atoms with Crippen LogP contribution in [-0.2, 0) is 20.7 Å². The monoisotopic (exact) mass is 526 g/mol. The zero-order valence-electron chi connectivity index (χ0n) is 23.0. The van der Waals surface area contributed by atoms with Crippen LogP contribution in [0.5, 0.6) is 5.75 Å². The SMILES string of the molecule is CC(C)(C)OC(=O)N1CCC(N2CCC(Oc3cccc4c3CCCN4[C@@H]3CCC(=O)NC3=O)CC2)CC1. The number of ether oxygens (including phenoxy) is 2. The van der Waals surface area contributed by atoms with E-state index in [2.05, 4.69) is 27.2 Å². The molecule has 0 unspecified atom stereocenters. The highest BCUT2D eigenvalue weighted by Crippen LogP contribution is 2.37. The number of amides is 3. The Balaban J connectivity index is 1.14.